The van der Waals surface area contributed by atoms with Crippen molar-refractivity contribution in [3.8, 4) is 11.1 Å². The Morgan fingerprint density at radius 2 is 1.85 bits per heavy atom. The Morgan fingerprint density at radius 3 is 2.70 bits per heavy atom. The van der Waals surface area contributed by atoms with Crippen LogP contribution in [-0.4, -0.2) is 31.0 Å². The van der Waals surface area contributed by atoms with Gasteiger partial charge in [0.2, 0.25) is 0 Å². The molecule has 1 aromatic carbocycles. The topological polar surface area (TPSA) is 46.3 Å². The standard InChI is InChI=1S/C22H21N5/c1-2-7-18(8-3-1)19-14-25-27-16-17(13-24-22(19)27)15-26-12-6-10-21(26)20-9-4-5-11-23-20/h1-5,7-9,11,13-14,16,21H,6,10,12,15H2/t21-/m1/s1. The fourth-order valence-electron chi connectivity index (χ4n) is 3.97. The summed E-state index contributed by atoms with van der Waals surface area (Å²) in [6.45, 7) is 1.96. The van der Waals surface area contributed by atoms with Crippen LogP contribution in [0.2, 0.25) is 0 Å². The molecule has 0 unspecified atom stereocenters. The third-order valence-corrected chi connectivity index (χ3v) is 5.27. The highest BCUT2D eigenvalue weighted by atomic mass is 15.2. The zero-order chi connectivity index (χ0) is 18.1. The highest BCUT2D eigenvalue weighted by Gasteiger charge is 2.27. The van der Waals surface area contributed by atoms with Gasteiger partial charge in [0.1, 0.15) is 0 Å². The van der Waals surface area contributed by atoms with E-state index in [0.29, 0.717) is 6.04 Å². The van der Waals surface area contributed by atoms with Gasteiger partial charge in [-0.05, 0) is 37.1 Å². The molecule has 1 aliphatic rings. The number of nitrogens with zero attached hydrogens (tertiary/aromatic N) is 5. The van der Waals surface area contributed by atoms with Crippen molar-refractivity contribution in [2.45, 2.75) is 25.4 Å². The van der Waals surface area contributed by atoms with Gasteiger partial charge in [0.05, 0.1) is 17.9 Å². The molecule has 0 spiro atoms. The molecule has 0 saturated carbocycles. The molecule has 4 heterocycles. The largest absolute Gasteiger partial charge is 0.290 e. The summed E-state index contributed by atoms with van der Waals surface area (Å²) >= 11 is 0. The summed E-state index contributed by atoms with van der Waals surface area (Å²) in [6, 6.07) is 16.8. The maximum Gasteiger partial charge on any atom is 0.162 e. The summed E-state index contributed by atoms with van der Waals surface area (Å²) in [5.74, 6) is 0. The first-order chi connectivity index (χ1) is 13.4. The Bertz CT molecular complexity index is 1040. The number of benzene rings is 1. The molecule has 1 aliphatic heterocycles. The van der Waals surface area contributed by atoms with E-state index in [1.807, 2.05) is 47.4 Å². The predicted molar refractivity (Wildman–Crippen MR) is 105 cm³/mol. The van der Waals surface area contributed by atoms with Gasteiger partial charge in [-0.2, -0.15) is 5.10 Å². The van der Waals surface area contributed by atoms with Crippen LogP contribution in [0.5, 0.6) is 0 Å². The number of fused-ring (bicyclic) bond motifs is 1. The van der Waals surface area contributed by atoms with E-state index < -0.39 is 0 Å². The van der Waals surface area contributed by atoms with Gasteiger partial charge in [-0.25, -0.2) is 9.50 Å². The molecule has 0 aliphatic carbocycles. The highest BCUT2D eigenvalue weighted by Crippen LogP contribution is 2.32. The van der Waals surface area contributed by atoms with Crippen LogP contribution < -0.4 is 0 Å². The van der Waals surface area contributed by atoms with Crippen molar-refractivity contribution in [2.24, 2.45) is 0 Å². The normalized spacial score (nSPS) is 17.6. The SMILES string of the molecule is c1ccc(-c2cnn3cc(CN4CCC[C@@H]4c4ccccn4)cnc23)cc1. The first kappa shape index (κ1) is 16.1. The van der Waals surface area contributed by atoms with E-state index in [1.54, 1.807) is 0 Å². The molecule has 4 aromatic rings. The molecular formula is C22H21N5. The third-order valence-electron chi connectivity index (χ3n) is 5.27. The van der Waals surface area contributed by atoms with Gasteiger partial charge in [0.15, 0.2) is 5.65 Å². The summed E-state index contributed by atoms with van der Waals surface area (Å²) in [7, 11) is 0. The first-order valence-electron chi connectivity index (χ1n) is 9.41. The van der Waals surface area contributed by atoms with Crippen molar-refractivity contribution in [1.82, 2.24) is 24.5 Å². The molecule has 5 rings (SSSR count). The highest BCUT2D eigenvalue weighted by molar-refractivity contribution is 5.76. The molecule has 27 heavy (non-hydrogen) atoms. The monoisotopic (exact) mass is 355 g/mol. The van der Waals surface area contributed by atoms with Crippen LogP contribution >= 0.6 is 0 Å². The maximum atomic E-state index is 4.72. The fourth-order valence-corrected chi connectivity index (χ4v) is 3.97. The zero-order valence-electron chi connectivity index (χ0n) is 15.1. The average molecular weight is 355 g/mol. The Kier molecular flexibility index (Phi) is 4.14. The van der Waals surface area contributed by atoms with Crippen LogP contribution in [0.3, 0.4) is 0 Å². The van der Waals surface area contributed by atoms with E-state index in [9.17, 15) is 0 Å². The molecule has 0 amide bonds. The number of hydrogen-bond donors (Lipinski definition) is 0. The quantitative estimate of drug-likeness (QED) is 0.552. The fraction of sp³-hybridized carbons (Fsp3) is 0.227. The molecule has 134 valence electrons. The van der Waals surface area contributed by atoms with Crippen LogP contribution in [0, 0.1) is 0 Å². The zero-order valence-corrected chi connectivity index (χ0v) is 15.1. The van der Waals surface area contributed by atoms with E-state index in [-0.39, 0.29) is 0 Å². The number of likely N-dealkylation sites (tertiary alicyclic amines) is 1. The lowest BCUT2D eigenvalue weighted by Gasteiger charge is -2.23. The van der Waals surface area contributed by atoms with E-state index in [0.717, 1.165) is 42.0 Å². The average Bonchev–Trinajstić information content (AvgIpc) is 3.36. The van der Waals surface area contributed by atoms with Gasteiger partial charge >= 0.3 is 0 Å². The molecule has 1 atom stereocenters. The lowest BCUT2D eigenvalue weighted by atomic mass is 10.1. The molecular weight excluding hydrogens is 334 g/mol. The molecule has 1 saturated heterocycles. The third kappa shape index (κ3) is 3.11. The van der Waals surface area contributed by atoms with E-state index in [4.69, 9.17) is 4.98 Å². The van der Waals surface area contributed by atoms with Gasteiger partial charge < -0.3 is 0 Å². The number of rotatable bonds is 4. The molecule has 5 nitrogen and oxygen atoms in total. The minimum atomic E-state index is 0.388. The molecule has 1 fully saturated rings. The Labute approximate surface area is 158 Å². The summed E-state index contributed by atoms with van der Waals surface area (Å²) in [5.41, 5.74) is 5.44. The Hall–Kier alpha value is -3.05. The number of pyridine rings is 1. The summed E-state index contributed by atoms with van der Waals surface area (Å²) < 4.78 is 1.89. The van der Waals surface area contributed by atoms with Crippen LogP contribution in [0.15, 0.2) is 73.3 Å². The van der Waals surface area contributed by atoms with E-state index >= 15 is 0 Å². The van der Waals surface area contributed by atoms with Crippen molar-refractivity contribution in [1.29, 1.82) is 0 Å². The second-order valence-corrected chi connectivity index (χ2v) is 7.04. The first-order valence-corrected chi connectivity index (χ1v) is 9.41. The van der Waals surface area contributed by atoms with Gasteiger partial charge in [0.25, 0.3) is 0 Å². The minimum absolute atomic E-state index is 0.388. The second kappa shape index (κ2) is 6.93. The minimum Gasteiger partial charge on any atom is -0.290 e. The Balaban J connectivity index is 1.41. The van der Waals surface area contributed by atoms with E-state index in [1.165, 1.54) is 12.0 Å². The van der Waals surface area contributed by atoms with Crippen molar-refractivity contribution < 1.29 is 0 Å². The molecule has 0 radical (unpaired) electrons. The van der Waals surface area contributed by atoms with Crippen molar-refractivity contribution in [3.05, 3.63) is 84.6 Å². The van der Waals surface area contributed by atoms with Gasteiger partial charge in [0, 0.05) is 36.3 Å². The van der Waals surface area contributed by atoms with Crippen LogP contribution in [0.25, 0.3) is 16.8 Å². The van der Waals surface area contributed by atoms with Gasteiger partial charge in [-0.1, -0.05) is 36.4 Å². The molecule has 0 bridgehead atoms. The van der Waals surface area contributed by atoms with Crippen LogP contribution in [0.1, 0.15) is 30.1 Å². The summed E-state index contributed by atoms with van der Waals surface area (Å²) in [4.78, 5) is 11.8. The smallest absolute Gasteiger partial charge is 0.162 e. The molecule has 0 N–H and O–H groups in total. The maximum absolute atomic E-state index is 4.72. The molecule has 5 heteroatoms. The predicted octanol–water partition coefficient (Wildman–Crippen LogP) is 4.13. The summed E-state index contributed by atoms with van der Waals surface area (Å²) in [6.07, 6.45) is 10.2. The number of aromatic nitrogens is 4. The second-order valence-electron chi connectivity index (χ2n) is 7.04. The van der Waals surface area contributed by atoms with Crippen molar-refractivity contribution in [3.63, 3.8) is 0 Å². The molecule has 3 aromatic heterocycles. The Morgan fingerprint density at radius 1 is 0.963 bits per heavy atom. The van der Waals surface area contributed by atoms with E-state index in [2.05, 4.69) is 45.4 Å². The van der Waals surface area contributed by atoms with Crippen molar-refractivity contribution >= 4 is 5.65 Å². The lowest BCUT2D eigenvalue weighted by molar-refractivity contribution is 0.244. The van der Waals surface area contributed by atoms with Crippen molar-refractivity contribution in [2.75, 3.05) is 6.54 Å². The van der Waals surface area contributed by atoms with Crippen LogP contribution in [-0.2, 0) is 6.54 Å². The van der Waals surface area contributed by atoms with Crippen LogP contribution in [0.4, 0.5) is 0 Å². The van der Waals surface area contributed by atoms with Gasteiger partial charge in [-0.3, -0.25) is 9.88 Å². The lowest BCUT2D eigenvalue weighted by Crippen LogP contribution is -2.23. The van der Waals surface area contributed by atoms with Gasteiger partial charge in [-0.15, -0.1) is 0 Å². The number of hydrogen-bond acceptors (Lipinski definition) is 4. The summed E-state index contributed by atoms with van der Waals surface area (Å²) in [5, 5.41) is 4.53.